The molecule has 0 saturated carbocycles. The van der Waals surface area contributed by atoms with Crippen LogP contribution in [0.3, 0.4) is 0 Å². The van der Waals surface area contributed by atoms with Crippen molar-refractivity contribution in [3.63, 3.8) is 0 Å². The standard InChI is InChI=1S/C17H15BrN4O3S4/c1-26-17-15(9-14(27-17)16(19)20)28(23,12-5-2-4-11(18)8-12)22-29(24,25)13-6-3-7-21-10-13/h2-10H,1H3,(H3,19,20). The Kier molecular flexibility index (Phi) is 6.48. The lowest BCUT2D eigenvalue weighted by atomic mass is 10.4. The van der Waals surface area contributed by atoms with Crippen LogP contribution in [-0.2, 0) is 19.8 Å². The highest BCUT2D eigenvalue weighted by atomic mass is 79.9. The van der Waals surface area contributed by atoms with Gasteiger partial charge in [0.2, 0.25) is 0 Å². The second kappa shape index (κ2) is 8.56. The smallest absolute Gasteiger partial charge is 0.292 e. The molecule has 3 aromatic rings. The van der Waals surface area contributed by atoms with Gasteiger partial charge in [0, 0.05) is 16.9 Å². The average molecular weight is 532 g/mol. The number of nitrogen functional groups attached to an aromatic ring is 1. The number of halogens is 1. The molecule has 0 aliphatic carbocycles. The maximum atomic E-state index is 14.2. The second-order valence-electron chi connectivity index (χ2n) is 5.60. The molecule has 2 aromatic heterocycles. The van der Waals surface area contributed by atoms with E-state index in [2.05, 4.69) is 24.7 Å². The van der Waals surface area contributed by atoms with Crippen molar-refractivity contribution in [3.8, 4) is 0 Å². The molecule has 29 heavy (non-hydrogen) atoms. The molecule has 0 fully saturated rings. The molecule has 0 saturated heterocycles. The highest BCUT2D eigenvalue weighted by Gasteiger charge is 2.27. The van der Waals surface area contributed by atoms with Gasteiger partial charge in [0.15, 0.2) is 0 Å². The van der Waals surface area contributed by atoms with E-state index in [0.29, 0.717) is 13.6 Å². The average Bonchev–Trinajstić information content (AvgIpc) is 3.14. The Balaban J connectivity index is 2.39. The van der Waals surface area contributed by atoms with Crippen LogP contribution in [0.15, 0.2) is 82.0 Å². The number of rotatable bonds is 6. The van der Waals surface area contributed by atoms with Crippen LogP contribution >= 0.6 is 39.0 Å². The van der Waals surface area contributed by atoms with Crippen molar-refractivity contribution in [3.05, 3.63) is 64.2 Å². The molecule has 12 heteroatoms. The van der Waals surface area contributed by atoms with Gasteiger partial charge in [0.25, 0.3) is 10.0 Å². The van der Waals surface area contributed by atoms with Crippen molar-refractivity contribution >= 4 is 64.6 Å². The molecular formula is C17H15BrN4O3S4. The van der Waals surface area contributed by atoms with Gasteiger partial charge in [-0.2, -0.15) is 8.42 Å². The third-order valence-corrected chi connectivity index (χ3v) is 11.0. The Bertz CT molecular complexity index is 1300. The zero-order chi connectivity index (χ0) is 21.2. The third kappa shape index (κ3) is 4.56. The van der Waals surface area contributed by atoms with Crippen LogP contribution in [0.2, 0.25) is 0 Å². The Morgan fingerprint density at radius 3 is 2.52 bits per heavy atom. The maximum absolute atomic E-state index is 14.2. The summed E-state index contributed by atoms with van der Waals surface area (Å²) >= 11 is 5.79. The van der Waals surface area contributed by atoms with Crippen LogP contribution in [-0.4, -0.2) is 29.7 Å². The number of sulfonamides is 1. The van der Waals surface area contributed by atoms with Crippen LogP contribution in [0.5, 0.6) is 0 Å². The molecule has 0 aliphatic heterocycles. The number of benzene rings is 1. The lowest BCUT2D eigenvalue weighted by Crippen LogP contribution is -2.10. The minimum Gasteiger partial charge on any atom is -0.383 e. The van der Waals surface area contributed by atoms with E-state index in [9.17, 15) is 12.6 Å². The van der Waals surface area contributed by atoms with Crippen molar-refractivity contribution in [2.24, 2.45) is 9.50 Å². The highest BCUT2D eigenvalue weighted by molar-refractivity contribution is 9.10. The normalized spacial score (nSPS) is 13.6. The van der Waals surface area contributed by atoms with E-state index in [-0.39, 0.29) is 20.5 Å². The summed E-state index contributed by atoms with van der Waals surface area (Å²) in [6, 6.07) is 10.8. The summed E-state index contributed by atoms with van der Waals surface area (Å²) in [5.74, 6) is -0.192. The van der Waals surface area contributed by atoms with E-state index in [1.807, 2.05) is 0 Å². The second-order valence-corrected chi connectivity index (χ2v) is 12.6. The van der Waals surface area contributed by atoms with Gasteiger partial charge in [-0.05, 0) is 42.7 Å². The first-order valence-corrected chi connectivity index (χ1v) is 13.7. The first-order chi connectivity index (χ1) is 13.7. The zero-order valence-corrected chi connectivity index (χ0v) is 19.8. The molecule has 3 N–H and O–H groups in total. The molecule has 1 aromatic carbocycles. The fourth-order valence-electron chi connectivity index (χ4n) is 2.36. The molecule has 0 radical (unpaired) electrons. The number of amidine groups is 1. The van der Waals surface area contributed by atoms with Crippen LogP contribution in [0.4, 0.5) is 0 Å². The number of nitrogens with one attached hydrogen (secondary N) is 1. The first kappa shape index (κ1) is 22.0. The Morgan fingerprint density at radius 1 is 1.21 bits per heavy atom. The number of thioether (sulfide) groups is 1. The largest absolute Gasteiger partial charge is 0.383 e. The summed E-state index contributed by atoms with van der Waals surface area (Å²) in [7, 11) is -7.89. The molecule has 3 rings (SSSR count). The van der Waals surface area contributed by atoms with Crippen molar-refractivity contribution in [2.45, 2.75) is 18.9 Å². The van der Waals surface area contributed by atoms with Gasteiger partial charge in [0.05, 0.1) is 18.9 Å². The minimum absolute atomic E-state index is 0.157. The number of nitrogens with two attached hydrogens (primary N) is 1. The number of nitrogens with zero attached hydrogens (tertiary/aromatic N) is 2. The van der Waals surface area contributed by atoms with E-state index in [1.54, 1.807) is 30.5 Å². The molecule has 0 amide bonds. The monoisotopic (exact) mass is 530 g/mol. The summed E-state index contributed by atoms with van der Waals surface area (Å²) < 4.78 is 45.2. The summed E-state index contributed by atoms with van der Waals surface area (Å²) in [4.78, 5) is 4.49. The number of hydrogen-bond acceptors (Lipinski definition) is 7. The van der Waals surface area contributed by atoms with Crippen molar-refractivity contribution < 1.29 is 12.6 Å². The van der Waals surface area contributed by atoms with E-state index in [0.717, 1.165) is 6.20 Å². The molecule has 1 unspecified atom stereocenters. The number of hydrogen-bond donors (Lipinski definition) is 2. The van der Waals surface area contributed by atoms with Crippen molar-refractivity contribution in [2.75, 3.05) is 6.26 Å². The van der Waals surface area contributed by atoms with Gasteiger partial charge >= 0.3 is 0 Å². The van der Waals surface area contributed by atoms with E-state index >= 15 is 0 Å². The van der Waals surface area contributed by atoms with Crippen molar-refractivity contribution in [1.82, 2.24) is 4.98 Å². The van der Waals surface area contributed by atoms with E-state index in [4.69, 9.17) is 11.1 Å². The summed E-state index contributed by atoms with van der Waals surface area (Å²) in [5, 5.41) is 7.70. The van der Waals surface area contributed by atoms with Gasteiger partial charge in [-0.15, -0.1) is 23.1 Å². The first-order valence-electron chi connectivity index (χ1n) is 7.88. The van der Waals surface area contributed by atoms with Crippen LogP contribution in [0.1, 0.15) is 4.88 Å². The van der Waals surface area contributed by atoms with Gasteiger partial charge < -0.3 is 5.73 Å². The van der Waals surface area contributed by atoms with E-state index < -0.39 is 19.8 Å². The molecule has 1 atom stereocenters. The Hall–Kier alpha value is -1.73. The molecule has 0 aliphatic rings. The zero-order valence-electron chi connectivity index (χ0n) is 14.9. The number of pyridine rings is 1. The van der Waals surface area contributed by atoms with Crippen LogP contribution in [0, 0.1) is 5.41 Å². The SMILES string of the molecule is CSc1sc(C(=N)N)cc1S(=O)(=NS(=O)(=O)c1cccnc1)c1cccc(Br)c1. The Labute approximate surface area is 185 Å². The van der Waals surface area contributed by atoms with E-state index in [1.165, 1.54) is 47.5 Å². The predicted octanol–water partition coefficient (Wildman–Crippen LogP) is 4.19. The van der Waals surface area contributed by atoms with Gasteiger partial charge in [-0.3, -0.25) is 10.4 Å². The number of thiophene rings is 1. The highest BCUT2D eigenvalue weighted by Crippen LogP contribution is 2.39. The van der Waals surface area contributed by atoms with Crippen LogP contribution in [0.25, 0.3) is 0 Å². The summed E-state index contributed by atoms with van der Waals surface area (Å²) in [5.41, 5.74) is 5.60. The van der Waals surface area contributed by atoms with Crippen molar-refractivity contribution in [1.29, 1.82) is 5.41 Å². The van der Waals surface area contributed by atoms with Gasteiger partial charge in [0.1, 0.15) is 20.5 Å². The summed E-state index contributed by atoms with van der Waals surface area (Å²) in [6.45, 7) is 0. The topological polar surface area (TPSA) is 126 Å². The predicted molar refractivity (Wildman–Crippen MR) is 120 cm³/mol. The van der Waals surface area contributed by atoms with Gasteiger partial charge in [-0.25, -0.2) is 4.21 Å². The fraction of sp³-hybridized carbons (Fsp3) is 0.0588. The molecule has 152 valence electrons. The molecule has 0 spiro atoms. The Morgan fingerprint density at radius 2 is 1.93 bits per heavy atom. The van der Waals surface area contributed by atoms with Crippen LogP contribution < -0.4 is 5.73 Å². The fourth-order valence-corrected chi connectivity index (χ4v) is 9.41. The lowest BCUT2D eigenvalue weighted by molar-refractivity contribution is 0.597. The summed E-state index contributed by atoms with van der Waals surface area (Å²) in [6.07, 6.45) is 4.37. The molecule has 2 heterocycles. The molecule has 7 nitrogen and oxygen atoms in total. The minimum atomic E-state index is -4.28. The number of aromatic nitrogens is 1. The molecule has 0 bridgehead atoms. The van der Waals surface area contributed by atoms with Gasteiger partial charge in [-0.1, -0.05) is 25.8 Å². The third-order valence-electron chi connectivity index (χ3n) is 3.67. The lowest BCUT2D eigenvalue weighted by Gasteiger charge is -2.11. The maximum Gasteiger partial charge on any atom is 0.292 e. The molecular weight excluding hydrogens is 516 g/mol. The quantitative estimate of drug-likeness (QED) is 0.279.